The minimum Gasteiger partial charge on any atom is -0.487 e. The molecule has 0 radical (unpaired) electrons. The van der Waals surface area contributed by atoms with Crippen LogP contribution in [-0.2, 0) is 6.61 Å². The van der Waals surface area contributed by atoms with Crippen LogP contribution in [0.2, 0.25) is 0 Å². The summed E-state index contributed by atoms with van der Waals surface area (Å²) in [5.74, 6) is -0.346. The lowest BCUT2D eigenvalue weighted by Crippen LogP contribution is -2.13. The number of hydrogen-bond acceptors (Lipinski definition) is 5. The summed E-state index contributed by atoms with van der Waals surface area (Å²) in [6, 6.07) is 16.3. The van der Waals surface area contributed by atoms with Crippen molar-refractivity contribution in [2.45, 2.75) is 20.5 Å². The normalized spacial score (nSPS) is 10.6. The number of primary amides is 1. The van der Waals surface area contributed by atoms with Crippen LogP contribution in [0.3, 0.4) is 0 Å². The number of nitrogens with one attached hydrogen (secondary N) is 1. The molecule has 0 aliphatic carbocycles. The average Bonchev–Trinajstić information content (AvgIpc) is 3.26. The molecule has 0 saturated heterocycles. The zero-order valence-electron chi connectivity index (χ0n) is 18.3. The first-order chi connectivity index (χ1) is 15.9. The second kappa shape index (κ2) is 9.35. The molecule has 4 aromatic rings. The maximum absolute atomic E-state index is 12.7. The van der Waals surface area contributed by atoms with Gasteiger partial charge < -0.3 is 15.8 Å². The second-order valence-electron chi connectivity index (χ2n) is 7.61. The third-order valence-electron chi connectivity index (χ3n) is 5.12. The third-order valence-corrected chi connectivity index (χ3v) is 5.12. The van der Waals surface area contributed by atoms with E-state index in [0.717, 1.165) is 22.5 Å². The molecular formula is C25H23N5O3. The molecule has 8 nitrogen and oxygen atoms in total. The Morgan fingerprint density at radius 3 is 2.48 bits per heavy atom. The number of carbonyl (C=O) groups is 2. The molecular weight excluding hydrogens is 418 g/mol. The van der Waals surface area contributed by atoms with E-state index in [4.69, 9.17) is 10.5 Å². The van der Waals surface area contributed by atoms with Gasteiger partial charge in [0.2, 0.25) is 5.91 Å². The predicted molar refractivity (Wildman–Crippen MR) is 125 cm³/mol. The molecule has 0 bridgehead atoms. The Kier molecular flexibility index (Phi) is 6.17. The number of aryl methyl sites for hydroxylation is 2. The maximum atomic E-state index is 12.7. The predicted octanol–water partition coefficient (Wildman–Crippen LogP) is 3.81. The molecule has 2 heterocycles. The van der Waals surface area contributed by atoms with Gasteiger partial charge >= 0.3 is 0 Å². The monoisotopic (exact) mass is 441 g/mol. The molecule has 33 heavy (non-hydrogen) atoms. The number of benzene rings is 2. The number of aromatic nitrogens is 3. The zero-order chi connectivity index (χ0) is 23.4. The van der Waals surface area contributed by atoms with Gasteiger partial charge in [-0.1, -0.05) is 6.07 Å². The van der Waals surface area contributed by atoms with E-state index in [1.807, 2.05) is 56.4 Å². The summed E-state index contributed by atoms with van der Waals surface area (Å²) in [4.78, 5) is 28.0. The summed E-state index contributed by atoms with van der Waals surface area (Å²) >= 11 is 0. The fourth-order valence-electron chi connectivity index (χ4n) is 3.23. The SMILES string of the molecule is Cc1ccn(-c2ccc(C(=O)Nc3ccc(C)c(COc4cncc(C(N)=O)c4)c3)cc2)n1. The number of nitrogens with two attached hydrogens (primary N) is 1. The number of anilines is 1. The Morgan fingerprint density at radius 1 is 1.00 bits per heavy atom. The van der Waals surface area contributed by atoms with Crippen molar-refractivity contribution < 1.29 is 14.3 Å². The number of rotatable bonds is 7. The third kappa shape index (κ3) is 5.24. The van der Waals surface area contributed by atoms with Crippen molar-refractivity contribution in [3.05, 3.63) is 101 Å². The first-order valence-corrected chi connectivity index (χ1v) is 10.3. The average molecular weight is 441 g/mol. The van der Waals surface area contributed by atoms with E-state index in [1.165, 1.54) is 12.4 Å². The molecule has 0 saturated carbocycles. The van der Waals surface area contributed by atoms with Crippen molar-refractivity contribution in [1.29, 1.82) is 0 Å². The molecule has 0 aliphatic rings. The fraction of sp³-hybridized carbons (Fsp3) is 0.120. The van der Waals surface area contributed by atoms with E-state index in [2.05, 4.69) is 15.4 Å². The van der Waals surface area contributed by atoms with Gasteiger partial charge in [0.1, 0.15) is 12.4 Å². The molecule has 2 aromatic carbocycles. The van der Waals surface area contributed by atoms with Gasteiger partial charge in [-0.2, -0.15) is 5.10 Å². The van der Waals surface area contributed by atoms with Crippen molar-refractivity contribution in [3.63, 3.8) is 0 Å². The number of hydrogen-bond donors (Lipinski definition) is 2. The van der Waals surface area contributed by atoms with Crippen molar-refractivity contribution in [3.8, 4) is 11.4 Å². The molecule has 2 amide bonds. The highest BCUT2D eigenvalue weighted by molar-refractivity contribution is 6.04. The smallest absolute Gasteiger partial charge is 0.255 e. The molecule has 0 spiro atoms. The Balaban J connectivity index is 1.43. The van der Waals surface area contributed by atoms with E-state index in [-0.39, 0.29) is 18.1 Å². The van der Waals surface area contributed by atoms with Crippen LogP contribution in [-0.4, -0.2) is 26.6 Å². The van der Waals surface area contributed by atoms with Crippen LogP contribution in [0.15, 0.2) is 73.2 Å². The van der Waals surface area contributed by atoms with Crippen LogP contribution in [0.5, 0.6) is 5.75 Å². The highest BCUT2D eigenvalue weighted by atomic mass is 16.5. The van der Waals surface area contributed by atoms with Crippen molar-refractivity contribution >= 4 is 17.5 Å². The first kappa shape index (κ1) is 21.8. The summed E-state index contributed by atoms with van der Waals surface area (Å²) in [6.07, 6.45) is 4.78. The summed E-state index contributed by atoms with van der Waals surface area (Å²) < 4.78 is 7.54. The van der Waals surface area contributed by atoms with Crippen molar-refractivity contribution in [2.24, 2.45) is 5.73 Å². The zero-order valence-corrected chi connectivity index (χ0v) is 18.3. The van der Waals surface area contributed by atoms with E-state index in [0.29, 0.717) is 17.0 Å². The Labute approximate surface area is 191 Å². The topological polar surface area (TPSA) is 112 Å². The Morgan fingerprint density at radius 2 is 1.79 bits per heavy atom. The molecule has 3 N–H and O–H groups in total. The second-order valence-corrected chi connectivity index (χ2v) is 7.61. The molecule has 2 aromatic heterocycles. The van der Waals surface area contributed by atoms with Crippen LogP contribution in [0, 0.1) is 13.8 Å². The summed E-state index contributed by atoms with van der Waals surface area (Å²) in [5.41, 5.74) is 10.5. The van der Waals surface area contributed by atoms with Crippen LogP contribution in [0.4, 0.5) is 5.69 Å². The van der Waals surface area contributed by atoms with Gasteiger partial charge in [0.15, 0.2) is 0 Å². The highest BCUT2D eigenvalue weighted by Gasteiger charge is 2.10. The molecule has 4 rings (SSSR count). The van der Waals surface area contributed by atoms with Gasteiger partial charge in [0, 0.05) is 23.6 Å². The highest BCUT2D eigenvalue weighted by Crippen LogP contribution is 2.20. The van der Waals surface area contributed by atoms with Crippen LogP contribution < -0.4 is 15.8 Å². The minimum atomic E-state index is -0.568. The molecule has 0 aliphatic heterocycles. The molecule has 0 fully saturated rings. The van der Waals surface area contributed by atoms with Crippen molar-refractivity contribution in [2.75, 3.05) is 5.32 Å². The van der Waals surface area contributed by atoms with Gasteiger partial charge in [-0.25, -0.2) is 4.68 Å². The molecule has 8 heteroatoms. The fourth-order valence-corrected chi connectivity index (χ4v) is 3.23. The van der Waals surface area contributed by atoms with E-state index >= 15 is 0 Å². The lowest BCUT2D eigenvalue weighted by Gasteiger charge is -2.12. The molecule has 0 unspecified atom stereocenters. The van der Waals surface area contributed by atoms with Gasteiger partial charge in [-0.15, -0.1) is 0 Å². The van der Waals surface area contributed by atoms with Gasteiger partial charge in [0.05, 0.1) is 23.1 Å². The van der Waals surface area contributed by atoms with Gasteiger partial charge in [-0.05, 0) is 73.5 Å². The summed E-state index contributed by atoms with van der Waals surface area (Å²) in [5, 5.41) is 7.29. The number of carbonyl (C=O) groups excluding carboxylic acids is 2. The van der Waals surface area contributed by atoms with Gasteiger partial charge in [0.25, 0.3) is 5.91 Å². The van der Waals surface area contributed by atoms with Gasteiger partial charge in [-0.3, -0.25) is 14.6 Å². The summed E-state index contributed by atoms with van der Waals surface area (Å²) in [6.45, 7) is 4.13. The minimum absolute atomic E-state index is 0.215. The number of pyridine rings is 1. The first-order valence-electron chi connectivity index (χ1n) is 10.3. The molecule has 166 valence electrons. The lowest BCUT2D eigenvalue weighted by atomic mass is 10.1. The quantitative estimate of drug-likeness (QED) is 0.453. The molecule has 0 atom stereocenters. The number of amides is 2. The van der Waals surface area contributed by atoms with E-state index < -0.39 is 5.91 Å². The summed E-state index contributed by atoms with van der Waals surface area (Å²) in [7, 11) is 0. The maximum Gasteiger partial charge on any atom is 0.255 e. The van der Waals surface area contributed by atoms with Crippen molar-refractivity contribution in [1.82, 2.24) is 14.8 Å². The Hall–Kier alpha value is -4.46. The number of ether oxygens (including phenoxy) is 1. The largest absolute Gasteiger partial charge is 0.487 e. The van der Waals surface area contributed by atoms with Crippen LogP contribution in [0.1, 0.15) is 37.5 Å². The van der Waals surface area contributed by atoms with E-state index in [9.17, 15) is 9.59 Å². The van der Waals surface area contributed by atoms with Crippen LogP contribution >= 0.6 is 0 Å². The Bertz CT molecular complexity index is 1310. The van der Waals surface area contributed by atoms with Crippen LogP contribution in [0.25, 0.3) is 5.69 Å². The lowest BCUT2D eigenvalue weighted by molar-refractivity contribution is 0.0997. The van der Waals surface area contributed by atoms with E-state index in [1.54, 1.807) is 22.9 Å². The standard InChI is InChI=1S/C25H23N5O3/c1-16-3-6-21(11-20(16)15-33-23-12-19(24(26)31)13-27-14-23)28-25(32)18-4-7-22(8-5-18)30-10-9-17(2)29-30/h3-14H,15H2,1-2H3,(H2,26,31)(H,28,32). The number of nitrogens with zero attached hydrogens (tertiary/aromatic N) is 3.